The van der Waals surface area contributed by atoms with E-state index in [0.29, 0.717) is 11.1 Å². The van der Waals surface area contributed by atoms with Gasteiger partial charge in [0.1, 0.15) is 18.0 Å². The zero-order chi connectivity index (χ0) is 22.9. The van der Waals surface area contributed by atoms with Crippen LogP contribution in [0.4, 0.5) is 23.7 Å². The van der Waals surface area contributed by atoms with Crippen LogP contribution in [0.15, 0.2) is 47.2 Å². The van der Waals surface area contributed by atoms with Gasteiger partial charge in [-0.3, -0.25) is 15.1 Å². The molecule has 0 unspecified atom stereocenters. The highest BCUT2D eigenvalue weighted by atomic mass is 19.4. The molecule has 4 aromatic rings. The monoisotopic (exact) mass is 447 g/mol. The molecule has 0 saturated carbocycles. The summed E-state index contributed by atoms with van der Waals surface area (Å²) in [6.45, 7) is -0.130. The maximum absolute atomic E-state index is 12.7. The lowest BCUT2D eigenvalue weighted by atomic mass is 10.2. The lowest BCUT2D eigenvalue weighted by Crippen LogP contribution is -2.15. The van der Waals surface area contributed by atoms with Crippen LogP contribution in [0.25, 0.3) is 17.0 Å². The summed E-state index contributed by atoms with van der Waals surface area (Å²) < 4.78 is 48.8. The highest BCUT2D eigenvalue weighted by Crippen LogP contribution is 2.30. The SMILES string of the molecule is NC(=O)c1ccc(COC(=O)Nc2ccc(-c3noc(C(F)(F)F)n3)n3nccc23)cn1. The van der Waals surface area contributed by atoms with E-state index in [1.807, 2.05) is 0 Å². The van der Waals surface area contributed by atoms with Crippen LogP contribution in [0.3, 0.4) is 0 Å². The minimum Gasteiger partial charge on any atom is -0.444 e. The van der Waals surface area contributed by atoms with Gasteiger partial charge >= 0.3 is 18.2 Å². The van der Waals surface area contributed by atoms with Gasteiger partial charge in [0, 0.05) is 11.8 Å². The molecule has 11 nitrogen and oxygen atoms in total. The first kappa shape index (κ1) is 20.8. The molecule has 0 saturated heterocycles. The molecule has 0 fully saturated rings. The van der Waals surface area contributed by atoms with Crippen LogP contribution in [-0.4, -0.2) is 36.7 Å². The number of nitrogens with one attached hydrogen (secondary N) is 1. The first-order valence-electron chi connectivity index (χ1n) is 8.79. The normalized spacial score (nSPS) is 11.5. The summed E-state index contributed by atoms with van der Waals surface area (Å²) in [5.74, 6) is -2.50. The second kappa shape index (κ2) is 7.98. The van der Waals surface area contributed by atoms with Gasteiger partial charge in [-0.05, 0) is 24.3 Å². The molecule has 0 aromatic carbocycles. The van der Waals surface area contributed by atoms with E-state index in [2.05, 4.69) is 30.1 Å². The van der Waals surface area contributed by atoms with Crippen molar-refractivity contribution in [3.8, 4) is 11.5 Å². The fourth-order valence-corrected chi connectivity index (χ4v) is 2.69. The van der Waals surface area contributed by atoms with E-state index in [1.165, 1.54) is 47.2 Å². The molecule has 0 aliphatic rings. The number of anilines is 1. The summed E-state index contributed by atoms with van der Waals surface area (Å²) >= 11 is 0. The highest BCUT2D eigenvalue weighted by Gasteiger charge is 2.38. The van der Waals surface area contributed by atoms with E-state index in [9.17, 15) is 22.8 Å². The van der Waals surface area contributed by atoms with Crippen LogP contribution in [0.5, 0.6) is 0 Å². The smallest absolute Gasteiger partial charge is 0.444 e. The molecule has 0 radical (unpaired) electrons. The van der Waals surface area contributed by atoms with Crippen molar-refractivity contribution in [3.63, 3.8) is 0 Å². The average molecular weight is 447 g/mol. The summed E-state index contributed by atoms with van der Waals surface area (Å²) in [6.07, 6.45) is -2.86. The lowest BCUT2D eigenvalue weighted by Gasteiger charge is -2.10. The maximum atomic E-state index is 12.7. The molecule has 3 N–H and O–H groups in total. The van der Waals surface area contributed by atoms with Crippen molar-refractivity contribution in [2.24, 2.45) is 5.73 Å². The molecule has 0 aliphatic heterocycles. The number of fused-ring (bicyclic) bond motifs is 1. The largest absolute Gasteiger partial charge is 0.471 e. The van der Waals surface area contributed by atoms with E-state index in [1.54, 1.807) is 0 Å². The topological polar surface area (TPSA) is 151 Å². The number of carbonyl (C=O) groups excluding carboxylic acids is 2. The number of carbonyl (C=O) groups is 2. The Bertz CT molecular complexity index is 1300. The number of pyridine rings is 2. The molecule has 32 heavy (non-hydrogen) atoms. The number of nitrogens with two attached hydrogens (primary N) is 1. The van der Waals surface area contributed by atoms with Gasteiger partial charge in [-0.1, -0.05) is 11.2 Å². The number of nitrogens with zero attached hydrogens (tertiary/aromatic N) is 5. The van der Waals surface area contributed by atoms with Crippen LogP contribution in [0.2, 0.25) is 0 Å². The van der Waals surface area contributed by atoms with Crippen LogP contribution >= 0.6 is 0 Å². The molecule has 14 heteroatoms. The van der Waals surface area contributed by atoms with E-state index < -0.39 is 24.1 Å². The number of ether oxygens (including phenoxy) is 1. The zero-order valence-electron chi connectivity index (χ0n) is 15.8. The summed E-state index contributed by atoms with van der Waals surface area (Å²) in [5.41, 5.74) is 6.45. The van der Waals surface area contributed by atoms with E-state index in [0.717, 1.165) is 0 Å². The minimum atomic E-state index is -4.78. The maximum Gasteiger partial charge on any atom is 0.471 e. The molecular formula is C18H12F3N7O4. The van der Waals surface area contributed by atoms with Crippen molar-refractivity contribution in [1.29, 1.82) is 0 Å². The van der Waals surface area contributed by atoms with Crippen molar-refractivity contribution in [1.82, 2.24) is 24.7 Å². The number of primary amides is 1. The van der Waals surface area contributed by atoms with Gasteiger partial charge in [0.05, 0.1) is 17.4 Å². The van der Waals surface area contributed by atoms with Gasteiger partial charge in [0.2, 0.25) is 5.82 Å². The number of rotatable bonds is 5. The van der Waals surface area contributed by atoms with Crippen LogP contribution < -0.4 is 11.1 Å². The molecule has 0 aliphatic carbocycles. The molecule has 4 heterocycles. The Labute approximate surface area is 176 Å². The number of amides is 2. The molecular weight excluding hydrogens is 435 g/mol. The third-order valence-electron chi connectivity index (χ3n) is 4.14. The van der Waals surface area contributed by atoms with Crippen molar-refractivity contribution < 1.29 is 32.0 Å². The number of aromatic nitrogens is 5. The van der Waals surface area contributed by atoms with E-state index in [-0.39, 0.29) is 29.5 Å². The second-order valence-corrected chi connectivity index (χ2v) is 6.30. The summed E-state index contributed by atoms with van der Waals surface area (Å²) in [5, 5.41) is 9.88. The number of alkyl halides is 3. The van der Waals surface area contributed by atoms with E-state index in [4.69, 9.17) is 10.5 Å². The van der Waals surface area contributed by atoms with Crippen molar-refractivity contribution in [2.75, 3.05) is 5.32 Å². The first-order chi connectivity index (χ1) is 15.2. The Morgan fingerprint density at radius 3 is 2.66 bits per heavy atom. The fraction of sp³-hybridized carbons (Fsp3) is 0.111. The van der Waals surface area contributed by atoms with Crippen LogP contribution in [0.1, 0.15) is 21.9 Å². The quantitative estimate of drug-likeness (QED) is 0.474. The number of hydrogen-bond acceptors (Lipinski definition) is 8. The Hall–Kier alpha value is -4.49. The number of hydrogen-bond donors (Lipinski definition) is 2. The standard InChI is InChI=1S/C18H12F3N7O4/c19-18(20,21)16-26-15(27-32-16)13-4-3-10(12-5-6-24-28(12)13)25-17(30)31-8-9-1-2-11(14(22)29)23-7-9/h1-7H,8H2,(H2,22,29)(H,25,30). The van der Waals surface area contributed by atoms with Crippen molar-refractivity contribution >= 4 is 23.2 Å². The predicted octanol–water partition coefficient (Wildman–Crippen LogP) is 2.65. The summed E-state index contributed by atoms with van der Waals surface area (Å²) in [6, 6.07) is 7.25. The molecule has 2 amide bonds. The first-order valence-corrected chi connectivity index (χ1v) is 8.79. The van der Waals surface area contributed by atoms with Gasteiger partial charge in [-0.15, -0.1) is 0 Å². The summed E-state index contributed by atoms with van der Waals surface area (Å²) in [7, 11) is 0. The Kier molecular flexibility index (Phi) is 5.18. The lowest BCUT2D eigenvalue weighted by molar-refractivity contribution is -0.159. The molecule has 4 aromatic heterocycles. The molecule has 0 spiro atoms. The molecule has 0 bridgehead atoms. The van der Waals surface area contributed by atoms with Crippen molar-refractivity contribution in [3.05, 3.63) is 59.9 Å². The third-order valence-corrected chi connectivity index (χ3v) is 4.14. The fourth-order valence-electron chi connectivity index (χ4n) is 2.69. The van der Waals surface area contributed by atoms with Gasteiger partial charge < -0.3 is 15.0 Å². The summed E-state index contributed by atoms with van der Waals surface area (Å²) in [4.78, 5) is 30.4. The van der Waals surface area contributed by atoms with Crippen LogP contribution in [-0.2, 0) is 17.5 Å². The third kappa shape index (κ3) is 4.19. The molecule has 164 valence electrons. The van der Waals surface area contributed by atoms with Crippen molar-refractivity contribution in [2.45, 2.75) is 12.8 Å². The Morgan fingerprint density at radius 2 is 2.00 bits per heavy atom. The van der Waals surface area contributed by atoms with E-state index >= 15 is 0 Å². The molecule has 0 atom stereocenters. The van der Waals surface area contributed by atoms with Gasteiger partial charge in [0.15, 0.2) is 0 Å². The molecule has 4 rings (SSSR count). The second-order valence-electron chi connectivity index (χ2n) is 6.30. The Balaban J connectivity index is 1.49. The van der Waals surface area contributed by atoms with Gasteiger partial charge in [-0.2, -0.15) is 23.3 Å². The zero-order valence-corrected chi connectivity index (χ0v) is 15.8. The minimum absolute atomic E-state index is 0.0744. The predicted molar refractivity (Wildman–Crippen MR) is 100 cm³/mol. The average Bonchev–Trinajstić information content (AvgIpc) is 3.43. The van der Waals surface area contributed by atoms with Gasteiger partial charge in [0.25, 0.3) is 5.91 Å². The highest BCUT2D eigenvalue weighted by molar-refractivity contribution is 5.91. The van der Waals surface area contributed by atoms with Crippen LogP contribution in [0, 0.1) is 0 Å². The van der Waals surface area contributed by atoms with Gasteiger partial charge in [-0.25, -0.2) is 9.31 Å². The Morgan fingerprint density at radius 1 is 1.19 bits per heavy atom. The number of halogens is 3.